The van der Waals surface area contributed by atoms with Gasteiger partial charge < -0.3 is 20.1 Å². The fourth-order valence-electron chi connectivity index (χ4n) is 5.17. The Labute approximate surface area is 249 Å². The summed E-state index contributed by atoms with van der Waals surface area (Å²) in [4.78, 5) is 33.5. The molecule has 11 heteroatoms. The van der Waals surface area contributed by atoms with E-state index in [1.165, 1.54) is 0 Å². The summed E-state index contributed by atoms with van der Waals surface area (Å²) in [6.45, 7) is 8.57. The first-order valence-electron chi connectivity index (χ1n) is 14.3. The third-order valence-electron chi connectivity index (χ3n) is 7.29. The number of piperidine rings is 1. The zero-order valence-corrected chi connectivity index (χ0v) is 24.8. The Morgan fingerprint density at radius 1 is 1.02 bits per heavy atom. The SMILES string of the molecule is Cc1ccc(CC(=O)O)c(CCc2nc(Nc3ccc(C4CCN(C(=O)OC(C)(C)C)CC4)cc3)ncc2C(F)(F)F)c1. The van der Waals surface area contributed by atoms with Crippen LogP contribution in [-0.4, -0.2) is 50.7 Å². The summed E-state index contributed by atoms with van der Waals surface area (Å²) in [6, 6.07) is 12.9. The molecule has 43 heavy (non-hydrogen) atoms. The van der Waals surface area contributed by atoms with E-state index in [4.69, 9.17) is 4.74 Å². The predicted octanol–water partition coefficient (Wildman–Crippen LogP) is 7.07. The van der Waals surface area contributed by atoms with Crippen LogP contribution >= 0.6 is 0 Å². The summed E-state index contributed by atoms with van der Waals surface area (Å²) in [5.41, 5.74) is 2.25. The van der Waals surface area contributed by atoms with E-state index >= 15 is 0 Å². The number of halogens is 3. The van der Waals surface area contributed by atoms with Crippen molar-refractivity contribution in [2.45, 2.75) is 77.5 Å². The number of ether oxygens (including phenoxy) is 1. The Bertz CT molecular complexity index is 1440. The molecule has 0 atom stereocenters. The molecule has 1 aromatic heterocycles. The van der Waals surface area contributed by atoms with Crippen LogP contribution in [0.1, 0.15) is 73.0 Å². The Hall–Kier alpha value is -4.15. The number of aryl methyl sites for hydroxylation is 3. The number of rotatable bonds is 8. The molecule has 8 nitrogen and oxygen atoms in total. The molecule has 2 aromatic carbocycles. The lowest BCUT2D eigenvalue weighted by Gasteiger charge is -2.33. The van der Waals surface area contributed by atoms with E-state index in [9.17, 15) is 27.9 Å². The first kappa shape index (κ1) is 31.8. The average Bonchev–Trinajstić information content (AvgIpc) is 2.92. The maximum atomic E-state index is 13.8. The molecule has 1 fully saturated rings. The van der Waals surface area contributed by atoms with Crippen LogP contribution in [0.25, 0.3) is 0 Å². The number of carboxylic acid groups (broad SMARTS) is 1. The van der Waals surface area contributed by atoms with Crippen molar-refractivity contribution in [3.63, 3.8) is 0 Å². The van der Waals surface area contributed by atoms with Crippen molar-refractivity contribution in [2.24, 2.45) is 0 Å². The van der Waals surface area contributed by atoms with Crippen molar-refractivity contribution in [2.75, 3.05) is 18.4 Å². The molecule has 4 rings (SSSR count). The molecule has 0 aliphatic carbocycles. The quantitative estimate of drug-likeness (QED) is 0.286. The number of nitrogens with one attached hydrogen (secondary N) is 1. The smallest absolute Gasteiger partial charge is 0.419 e. The summed E-state index contributed by atoms with van der Waals surface area (Å²) in [6.07, 6.45) is -2.61. The molecule has 1 amide bonds. The van der Waals surface area contributed by atoms with E-state index < -0.39 is 23.3 Å². The number of nitrogens with zero attached hydrogens (tertiary/aromatic N) is 3. The molecule has 1 saturated heterocycles. The van der Waals surface area contributed by atoms with E-state index in [1.807, 2.05) is 52.0 Å². The molecule has 0 saturated carbocycles. The van der Waals surface area contributed by atoms with Crippen molar-refractivity contribution >= 4 is 23.7 Å². The highest BCUT2D eigenvalue weighted by molar-refractivity contribution is 5.71. The molecule has 0 bridgehead atoms. The normalized spacial score (nSPS) is 14.4. The second kappa shape index (κ2) is 13.0. The van der Waals surface area contributed by atoms with Gasteiger partial charge in [-0.05, 0) is 88.1 Å². The van der Waals surface area contributed by atoms with E-state index in [0.29, 0.717) is 29.9 Å². The van der Waals surface area contributed by atoms with Crippen LogP contribution in [0.4, 0.5) is 29.6 Å². The van der Waals surface area contributed by atoms with Gasteiger partial charge in [-0.2, -0.15) is 13.2 Å². The van der Waals surface area contributed by atoms with Gasteiger partial charge in [0.1, 0.15) is 5.60 Å². The van der Waals surface area contributed by atoms with Crippen LogP contribution in [0.5, 0.6) is 0 Å². The number of hydrogen-bond donors (Lipinski definition) is 2. The van der Waals surface area contributed by atoms with Crippen LogP contribution in [-0.2, 0) is 35.0 Å². The lowest BCUT2D eigenvalue weighted by Crippen LogP contribution is -2.41. The number of carboxylic acids is 1. The highest BCUT2D eigenvalue weighted by Crippen LogP contribution is 2.33. The molecule has 1 aliphatic rings. The minimum atomic E-state index is -4.63. The van der Waals surface area contributed by atoms with E-state index in [2.05, 4.69) is 15.3 Å². The second-order valence-corrected chi connectivity index (χ2v) is 11.9. The number of carbonyl (C=O) groups is 2. The Morgan fingerprint density at radius 2 is 1.70 bits per heavy atom. The minimum Gasteiger partial charge on any atom is -0.481 e. The number of carbonyl (C=O) groups excluding carboxylic acids is 1. The predicted molar refractivity (Wildman–Crippen MR) is 156 cm³/mol. The number of hydrogen-bond acceptors (Lipinski definition) is 6. The van der Waals surface area contributed by atoms with Crippen molar-refractivity contribution in [3.05, 3.63) is 82.2 Å². The Balaban J connectivity index is 1.44. The van der Waals surface area contributed by atoms with Gasteiger partial charge in [0, 0.05) is 25.0 Å². The summed E-state index contributed by atoms with van der Waals surface area (Å²) < 4.78 is 46.9. The Kier molecular flexibility index (Phi) is 9.62. The van der Waals surface area contributed by atoms with Gasteiger partial charge in [0.15, 0.2) is 0 Å². The first-order chi connectivity index (χ1) is 20.2. The Morgan fingerprint density at radius 3 is 2.30 bits per heavy atom. The average molecular weight is 599 g/mol. The van der Waals surface area contributed by atoms with Crippen LogP contribution in [0.2, 0.25) is 0 Å². The van der Waals surface area contributed by atoms with Crippen LogP contribution in [0.3, 0.4) is 0 Å². The highest BCUT2D eigenvalue weighted by atomic mass is 19.4. The first-order valence-corrected chi connectivity index (χ1v) is 14.3. The maximum Gasteiger partial charge on any atom is 0.419 e. The summed E-state index contributed by atoms with van der Waals surface area (Å²) in [5.74, 6) is -0.697. The molecular weight excluding hydrogens is 561 g/mol. The molecule has 230 valence electrons. The van der Waals surface area contributed by atoms with Crippen molar-refractivity contribution < 1.29 is 32.6 Å². The van der Waals surface area contributed by atoms with Gasteiger partial charge in [0.05, 0.1) is 17.7 Å². The molecule has 0 unspecified atom stereocenters. The van der Waals surface area contributed by atoms with Crippen molar-refractivity contribution in [1.29, 1.82) is 0 Å². The molecular formula is C32H37F3N4O4. The van der Waals surface area contributed by atoms with Crippen LogP contribution < -0.4 is 5.32 Å². The standard InChI is InChI=1S/C32H37F3N4O4/c1-20-5-6-24(18-28(40)41)23(17-20)9-12-27-26(32(33,34)35)19-36-29(38-27)37-25-10-7-21(8-11-25)22-13-15-39(16-14-22)30(42)43-31(2,3)4/h5-8,10-11,17,19,22H,9,12-16,18H2,1-4H3,(H,40,41)(H,36,37,38). The van der Waals surface area contributed by atoms with Crippen LogP contribution in [0, 0.1) is 6.92 Å². The van der Waals surface area contributed by atoms with Crippen molar-refractivity contribution in [1.82, 2.24) is 14.9 Å². The largest absolute Gasteiger partial charge is 0.481 e. The zero-order chi connectivity index (χ0) is 31.4. The molecule has 0 radical (unpaired) electrons. The third-order valence-corrected chi connectivity index (χ3v) is 7.29. The minimum absolute atomic E-state index is 0.0384. The molecule has 2 N–H and O–H groups in total. The summed E-state index contributed by atoms with van der Waals surface area (Å²) >= 11 is 0. The monoisotopic (exact) mass is 598 g/mol. The number of alkyl halides is 3. The van der Waals surface area contributed by atoms with Crippen LogP contribution in [0.15, 0.2) is 48.7 Å². The van der Waals surface area contributed by atoms with Gasteiger partial charge in [0.2, 0.25) is 5.95 Å². The van der Waals surface area contributed by atoms with Gasteiger partial charge in [0.25, 0.3) is 0 Å². The number of aliphatic carboxylic acids is 1. The highest BCUT2D eigenvalue weighted by Gasteiger charge is 2.35. The number of anilines is 2. The molecule has 2 heterocycles. The van der Waals surface area contributed by atoms with Gasteiger partial charge in [-0.15, -0.1) is 0 Å². The lowest BCUT2D eigenvalue weighted by atomic mass is 9.89. The number of benzene rings is 2. The van der Waals surface area contributed by atoms with E-state index in [-0.39, 0.29) is 42.9 Å². The number of likely N-dealkylation sites (tertiary alicyclic amines) is 1. The maximum absolute atomic E-state index is 13.8. The third kappa shape index (κ3) is 8.92. The van der Waals surface area contributed by atoms with Gasteiger partial charge in [-0.3, -0.25) is 4.79 Å². The van der Waals surface area contributed by atoms with E-state index in [1.54, 1.807) is 23.1 Å². The van der Waals surface area contributed by atoms with Gasteiger partial charge >= 0.3 is 18.2 Å². The zero-order valence-electron chi connectivity index (χ0n) is 24.8. The van der Waals surface area contributed by atoms with Gasteiger partial charge in [-0.25, -0.2) is 14.8 Å². The molecule has 1 aliphatic heterocycles. The van der Waals surface area contributed by atoms with Gasteiger partial charge in [-0.1, -0.05) is 35.9 Å². The topological polar surface area (TPSA) is 105 Å². The molecule has 3 aromatic rings. The fourth-order valence-corrected chi connectivity index (χ4v) is 5.17. The van der Waals surface area contributed by atoms with E-state index in [0.717, 1.165) is 30.2 Å². The molecule has 0 spiro atoms. The summed E-state index contributed by atoms with van der Waals surface area (Å²) in [7, 11) is 0. The lowest BCUT2D eigenvalue weighted by molar-refractivity contribution is -0.139. The van der Waals surface area contributed by atoms with Crippen molar-refractivity contribution in [3.8, 4) is 0 Å². The number of amides is 1. The number of aromatic nitrogens is 2. The second-order valence-electron chi connectivity index (χ2n) is 11.9. The fraction of sp³-hybridized carbons (Fsp3) is 0.438. The summed E-state index contributed by atoms with van der Waals surface area (Å²) in [5, 5.41) is 12.2.